The number of carbonyl (C=O) groups is 2. The van der Waals surface area contributed by atoms with E-state index < -0.39 is 17.7 Å². The number of rotatable bonds is 6. The average molecular weight is 488 g/mol. The van der Waals surface area contributed by atoms with Crippen LogP contribution in [0.4, 0.5) is 5.69 Å². The molecule has 36 heavy (non-hydrogen) atoms. The Morgan fingerprint density at radius 1 is 1.03 bits per heavy atom. The zero-order valence-electron chi connectivity index (χ0n) is 21.7. The molecule has 0 aromatic heterocycles. The number of benzene rings is 3. The summed E-state index contributed by atoms with van der Waals surface area (Å²) in [5, 5.41) is 10.2. The largest absolute Gasteiger partial charge is 0.496 e. The third-order valence-electron chi connectivity index (χ3n) is 6.42. The molecule has 4 rings (SSSR count). The Bertz CT molecular complexity index is 1300. The predicted molar refractivity (Wildman–Crippen MR) is 141 cm³/mol. The van der Waals surface area contributed by atoms with Gasteiger partial charge in [-0.05, 0) is 81.5 Å². The van der Waals surface area contributed by atoms with Gasteiger partial charge in [0.25, 0.3) is 5.91 Å². The topological polar surface area (TPSA) is 76.1 Å². The van der Waals surface area contributed by atoms with Gasteiger partial charge in [0.2, 0.25) is 0 Å². The monoisotopic (exact) mass is 487 g/mol. The van der Waals surface area contributed by atoms with Gasteiger partial charge < -0.3 is 19.5 Å². The molecule has 1 atom stereocenters. The Balaban J connectivity index is 1.93. The highest BCUT2D eigenvalue weighted by molar-refractivity contribution is 6.10. The molecule has 6 nitrogen and oxygen atoms in total. The molecule has 6 heteroatoms. The Morgan fingerprint density at radius 2 is 1.69 bits per heavy atom. The van der Waals surface area contributed by atoms with Crippen LogP contribution in [0, 0.1) is 13.8 Å². The van der Waals surface area contributed by atoms with Gasteiger partial charge >= 0.3 is 5.97 Å². The molecular formula is C30H33NO5. The highest BCUT2D eigenvalue weighted by atomic mass is 16.5. The van der Waals surface area contributed by atoms with E-state index in [1.165, 1.54) is 0 Å². The Morgan fingerprint density at radius 3 is 2.31 bits per heavy atom. The van der Waals surface area contributed by atoms with Crippen molar-refractivity contribution in [1.82, 2.24) is 0 Å². The lowest BCUT2D eigenvalue weighted by atomic mass is 9.86. The van der Waals surface area contributed by atoms with E-state index in [9.17, 15) is 14.7 Å². The van der Waals surface area contributed by atoms with Gasteiger partial charge in [-0.15, -0.1) is 0 Å². The number of para-hydroxylation sites is 1. The lowest BCUT2D eigenvalue weighted by Crippen LogP contribution is -2.30. The lowest BCUT2D eigenvalue weighted by molar-refractivity contribution is -0.160. The number of anilines is 1. The molecule has 1 heterocycles. The first-order chi connectivity index (χ1) is 17.0. The van der Waals surface area contributed by atoms with Crippen molar-refractivity contribution in [3.8, 4) is 16.9 Å². The number of hydrogen-bond acceptors (Lipinski definition) is 4. The Hall–Kier alpha value is -3.64. The van der Waals surface area contributed by atoms with Gasteiger partial charge in [-0.1, -0.05) is 42.0 Å². The first-order valence-electron chi connectivity index (χ1n) is 12.1. The molecule has 0 spiro atoms. The van der Waals surface area contributed by atoms with Crippen molar-refractivity contribution in [3.05, 3.63) is 82.4 Å². The molecule has 1 aliphatic heterocycles. The third-order valence-corrected chi connectivity index (χ3v) is 6.42. The number of fused-ring (bicyclic) bond motifs is 1. The maximum atomic E-state index is 13.6. The van der Waals surface area contributed by atoms with Gasteiger partial charge in [-0.25, -0.2) is 4.79 Å². The summed E-state index contributed by atoms with van der Waals surface area (Å²) in [6.07, 6.45) is -0.542. The van der Waals surface area contributed by atoms with Crippen molar-refractivity contribution in [3.63, 3.8) is 0 Å². The quantitative estimate of drug-likeness (QED) is 0.453. The summed E-state index contributed by atoms with van der Waals surface area (Å²) < 4.78 is 11.5. The second-order valence-electron chi connectivity index (χ2n) is 10.2. The van der Waals surface area contributed by atoms with Crippen molar-refractivity contribution in [1.29, 1.82) is 0 Å². The summed E-state index contributed by atoms with van der Waals surface area (Å²) >= 11 is 0. The Kier molecular flexibility index (Phi) is 6.92. The van der Waals surface area contributed by atoms with E-state index in [0.29, 0.717) is 29.8 Å². The van der Waals surface area contributed by atoms with E-state index in [-0.39, 0.29) is 5.91 Å². The molecule has 3 aromatic carbocycles. The van der Waals surface area contributed by atoms with E-state index in [1.807, 2.05) is 77.1 Å². The lowest BCUT2D eigenvalue weighted by Gasteiger charge is -2.29. The standard InChI is InChI=1S/C30H33NO5/c1-18-11-13-20(14-12-18)26-21-15-16-31(28(32)22-9-7-8-10-24(22)35-6)23(21)17-19(2)25(26)27(29(33)34)36-30(3,4)5/h7-14,17,27H,15-16H2,1-6H3,(H,33,34)/t27-/m0/s1. The number of carboxylic acid groups (broad SMARTS) is 1. The van der Waals surface area contributed by atoms with Gasteiger partial charge in [-0.2, -0.15) is 0 Å². The van der Waals surface area contributed by atoms with E-state index in [0.717, 1.165) is 33.5 Å². The zero-order chi connectivity index (χ0) is 26.2. The summed E-state index contributed by atoms with van der Waals surface area (Å²) in [7, 11) is 1.55. The van der Waals surface area contributed by atoms with Crippen molar-refractivity contribution < 1.29 is 24.2 Å². The predicted octanol–water partition coefficient (Wildman–Crippen LogP) is 6.12. The van der Waals surface area contributed by atoms with Crippen LogP contribution < -0.4 is 9.64 Å². The molecule has 0 aliphatic carbocycles. The molecule has 0 saturated carbocycles. The van der Waals surface area contributed by atoms with Crippen LogP contribution in [0.3, 0.4) is 0 Å². The fourth-order valence-electron chi connectivity index (χ4n) is 4.85. The van der Waals surface area contributed by atoms with Crippen LogP contribution >= 0.6 is 0 Å². The van der Waals surface area contributed by atoms with Crippen molar-refractivity contribution in [2.45, 2.75) is 52.7 Å². The molecule has 1 amide bonds. The summed E-state index contributed by atoms with van der Waals surface area (Å²) in [5.74, 6) is -0.664. The molecular weight excluding hydrogens is 454 g/mol. The second-order valence-corrected chi connectivity index (χ2v) is 10.2. The maximum Gasteiger partial charge on any atom is 0.337 e. The first kappa shape index (κ1) is 25.5. The van der Waals surface area contributed by atoms with Crippen LogP contribution in [0.5, 0.6) is 5.75 Å². The van der Waals surface area contributed by atoms with Crippen molar-refractivity contribution in [2.24, 2.45) is 0 Å². The molecule has 188 valence electrons. The maximum absolute atomic E-state index is 13.6. The van der Waals surface area contributed by atoms with Crippen molar-refractivity contribution >= 4 is 17.6 Å². The molecule has 3 aromatic rings. The van der Waals surface area contributed by atoms with Crippen molar-refractivity contribution in [2.75, 3.05) is 18.6 Å². The third kappa shape index (κ3) is 4.86. The number of ether oxygens (including phenoxy) is 2. The van der Waals surface area contributed by atoms with Gasteiger partial charge in [0.05, 0.1) is 18.3 Å². The first-order valence-corrected chi connectivity index (χ1v) is 12.1. The number of aliphatic carboxylic acids is 1. The van der Waals surface area contributed by atoms with E-state index >= 15 is 0 Å². The summed E-state index contributed by atoms with van der Waals surface area (Å²) in [6.45, 7) is 9.95. The van der Waals surface area contributed by atoms with Gasteiger partial charge in [0.1, 0.15) is 5.75 Å². The van der Waals surface area contributed by atoms with Crippen LogP contribution in [-0.2, 0) is 16.0 Å². The zero-order valence-corrected chi connectivity index (χ0v) is 21.7. The number of amides is 1. The minimum absolute atomic E-state index is 0.145. The molecule has 0 unspecified atom stereocenters. The van der Waals surface area contributed by atoms with Crippen LogP contribution in [0.25, 0.3) is 11.1 Å². The fourth-order valence-corrected chi connectivity index (χ4v) is 4.85. The molecule has 0 saturated heterocycles. The van der Waals surface area contributed by atoms with Gasteiger partial charge in [-0.3, -0.25) is 4.79 Å². The highest BCUT2D eigenvalue weighted by Gasteiger charge is 2.36. The minimum atomic E-state index is -1.15. The normalized spacial score (nSPS) is 13.9. The average Bonchev–Trinajstić information content (AvgIpc) is 3.24. The number of aryl methyl sites for hydroxylation is 2. The second kappa shape index (κ2) is 9.78. The van der Waals surface area contributed by atoms with Gasteiger partial charge in [0.15, 0.2) is 6.10 Å². The fraction of sp³-hybridized carbons (Fsp3) is 0.333. The summed E-state index contributed by atoms with van der Waals surface area (Å²) in [6, 6.07) is 17.2. The number of carboxylic acids is 1. The summed E-state index contributed by atoms with van der Waals surface area (Å²) in [4.78, 5) is 27.9. The van der Waals surface area contributed by atoms with Crippen LogP contribution in [-0.4, -0.2) is 36.2 Å². The van der Waals surface area contributed by atoms with E-state index in [1.54, 1.807) is 24.1 Å². The van der Waals surface area contributed by atoms with Crippen LogP contribution in [0.1, 0.15) is 59.5 Å². The number of methoxy groups -OCH3 is 1. The molecule has 0 fully saturated rings. The number of hydrogen-bond donors (Lipinski definition) is 1. The van der Waals surface area contributed by atoms with Crippen LogP contribution in [0.15, 0.2) is 54.6 Å². The SMILES string of the molecule is COc1ccccc1C(=O)N1CCc2c1cc(C)c([C@H](OC(C)(C)C)C(=O)O)c2-c1ccc(C)cc1. The summed E-state index contributed by atoms with van der Waals surface area (Å²) in [5.41, 5.74) is 5.82. The highest BCUT2D eigenvalue weighted by Crippen LogP contribution is 2.45. The molecule has 0 radical (unpaired) electrons. The van der Waals surface area contributed by atoms with Crippen LogP contribution in [0.2, 0.25) is 0 Å². The minimum Gasteiger partial charge on any atom is -0.496 e. The van der Waals surface area contributed by atoms with E-state index in [2.05, 4.69) is 0 Å². The Labute approximate surface area is 212 Å². The molecule has 1 aliphatic rings. The molecule has 1 N–H and O–H groups in total. The smallest absolute Gasteiger partial charge is 0.337 e. The van der Waals surface area contributed by atoms with Gasteiger partial charge in [0, 0.05) is 17.8 Å². The molecule has 0 bridgehead atoms. The number of carbonyl (C=O) groups excluding carboxylic acids is 1. The number of nitrogens with zero attached hydrogens (tertiary/aromatic N) is 1. The van der Waals surface area contributed by atoms with E-state index in [4.69, 9.17) is 9.47 Å².